The second kappa shape index (κ2) is 4.85. The van der Waals surface area contributed by atoms with Gasteiger partial charge in [0.25, 0.3) is 0 Å². The Bertz CT molecular complexity index is 183. The molecule has 1 aromatic heterocycles. The molecule has 0 N–H and O–H groups in total. The molecule has 0 fully saturated rings. The Morgan fingerprint density at radius 3 is 2.60 bits per heavy atom. The number of nitrogens with zero attached hydrogens (tertiary/aromatic N) is 1. The van der Waals surface area contributed by atoms with E-state index in [0.717, 1.165) is 11.0 Å². The Hall–Kier alpha value is 0.110. The molecular weight excluding hydrogens is 258 g/mol. The van der Waals surface area contributed by atoms with E-state index in [4.69, 9.17) is 0 Å². The quantitative estimate of drug-likeness (QED) is 0.713. The van der Waals surface area contributed by atoms with Crippen molar-refractivity contribution in [2.75, 3.05) is 0 Å². The SMILES string of the molecule is Br.Cc1ccc(CBr)cn1. The molecule has 0 spiro atoms. The first-order valence-electron chi connectivity index (χ1n) is 2.80. The minimum absolute atomic E-state index is 0. The van der Waals surface area contributed by atoms with Crippen molar-refractivity contribution in [1.82, 2.24) is 4.98 Å². The summed E-state index contributed by atoms with van der Waals surface area (Å²) in [5, 5.41) is 0.889. The Labute approximate surface area is 79.8 Å². The van der Waals surface area contributed by atoms with Gasteiger partial charge in [-0.3, -0.25) is 4.98 Å². The molecule has 0 amide bonds. The maximum atomic E-state index is 4.12. The molecule has 0 aromatic carbocycles. The zero-order valence-electron chi connectivity index (χ0n) is 5.67. The van der Waals surface area contributed by atoms with E-state index in [9.17, 15) is 0 Å². The van der Waals surface area contributed by atoms with Gasteiger partial charge >= 0.3 is 0 Å². The number of alkyl halides is 1. The summed E-state index contributed by atoms with van der Waals surface area (Å²) in [6, 6.07) is 4.08. The summed E-state index contributed by atoms with van der Waals surface area (Å²) in [6.07, 6.45) is 1.88. The minimum atomic E-state index is 0. The van der Waals surface area contributed by atoms with Crippen molar-refractivity contribution in [2.45, 2.75) is 12.3 Å². The molecular formula is C7H9Br2N. The third-order valence-electron chi connectivity index (χ3n) is 1.13. The fourth-order valence-corrected chi connectivity index (χ4v) is 0.909. The van der Waals surface area contributed by atoms with E-state index in [2.05, 4.69) is 27.0 Å². The minimum Gasteiger partial charge on any atom is -0.261 e. The summed E-state index contributed by atoms with van der Waals surface area (Å²) in [6.45, 7) is 1.98. The van der Waals surface area contributed by atoms with Crippen LogP contribution in [0.4, 0.5) is 0 Å². The summed E-state index contributed by atoms with van der Waals surface area (Å²) in [5.74, 6) is 0. The van der Waals surface area contributed by atoms with Crippen LogP contribution in [0.25, 0.3) is 0 Å². The van der Waals surface area contributed by atoms with E-state index in [1.54, 1.807) is 0 Å². The summed E-state index contributed by atoms with van der Waals surface area (Å²) in [4.78, 5) is 4.12. The highest BCUT2D eigenvalue weighted by atomic mass is 79.9. The number of halogens is 2. The molecule has 0 atom stereocenters. The van der Waals surface area contributed by atoms with Crippen molar-refractivity contribution in [3.8, 4) is 0 Å². The van der Waals surface area contributed by atoms with Gasteiger partial charge in [-0.15, -0.1) is 17.0 Å². The van der Waals surface area contributed by atoms with Gasteiger partial charge in [-0.2, -0.15) is 0 Å². The first kappa shape index (κ1) is 10.1. The van der Waals surface area contributed by atoms with Gasteiger partial charge in [-0.25, -0.2) is 0 Å². The highest BCUT2D eigenvalue weighted by Crippen LogP contribution is 2.03. The van der Waals surface area contributed by atoms with Gasteiger partial charge in [0.05, 0.1) is 0 Å². The average molecular weight is 267 g/mol. The lowest BCUT2D eigenvalue weighted by molar-refractivity contribution is 1.17. The molecule has 10 heavy (non-hydrogen) atoms. The van der Waals surface area contributed by atoms with Gasteiger partial charge in [0.1, 0.15) is 0 Å². The van der Waals surface area contributed by atoms with E-state index >= 15 is 0 Å². The van der Waals surface area contributed by atoms with Gasteiger partial charge in [0, 0.05) is 17.2 Å². The molecule has 0 unspecified atom stereocenters. The van der Waals surface area contributed by atoms with E-state index < -0.39 is 0 Å². The second-order valence-electron chi connectivity index (χ2n) is 1.94. The molecule has 3 heteroatoms. The highest BCUT2D eigenvalue weighted by Gasteiger charge is 1.87. The molecule has 0 bridgehead atoms. The van der Waals surface area contributed by atoms with Gasteiger partial charge in [-0.05, 0) is 18.6 Å². The Morgan fingerprint density at radius 2 is 2.20 bits per heavy atom. The van der Waals surface area contributed by atoms with Crippen LogP contribution < -0.4 is 0 Å². The van der Waals surface area contributed by atoms with Gasteiger partial charge in [-0.1, -0.05) is 22.0 Å². The van der Waals surface area contributed by atoms with E-state index in [0.29, 0.717) is 0 Å². The van der Waals surface area contributed by atoms with Gasteiger partial charge < -0.3 is 0 Å². The van der Waals surface area contributed by atoms with E-state index in [1.807, 2.05) is 19.2 Å². The first-order valence-corrected chi connectivity index (χ1v) is 3.92. The lowest BCUT2D eigenvalue weighted by Gasteiger charge is -1.92. The van der Waals surface area contributed by atoms with Gasteiger partial charge in [0.15, 0.2) is 0 Å². The number of aryl methyl sites for hydroxylation is 1. The normalized spacial score (nSPS) is 8.60. The van der Waals surface area contributed by atoms with Crippen molar-refractivity contribution in [3.63, 3.8) is 0 Å². The van der Waals surface area contributed by atoms with Crippen LogP contribution in [0.15, 0.2) is 18.3 Å². The summed E-state index contributed by atoms with van der Waals surface area (Å²) < 4.78 is 0. The molecule has 0 saturated carbocycles. The van der Waals surface area contributed by atoms with Crippen LogP contribution in [-0.2, 0) is 5.33 Å². The predicted octanol–water partition coefficient (Wildman–Crippen LogP) is 2.86. The topological polar surface area (TPSA) is 12.9 Å². The fraction of sp³-hybridized carbons (Fsp3) is 0.286. The van der Waals surface area contributed by atoms with Crippen LogP contribution in [0.3, 0.4) is 0 Å². The smallest absolute Gasteiger partial charge is 0.0372 e. The van der Waals surface area contributed by atoms with Crippen LogP contribution >= 0.6 is 32.9 Å². The van der Waals surface area contributed by atoms with Crippen molar-refractivity contribution >= 4 is 32.9 Å². The van der Waals surface area contributed by atoms with Crippen LogP contribution in [0.5, 0.6) is 0 Å². The molecule has 0 aliphatic heterocycles. The van der Waals surface area contributed by atoms with Crippen LogP contribution in [0.1, 0.15) is 11.3 Å². The standard InChI is InChI=1S/C7H8BrN.BrH/c1-6-2-3-7(4-8)5-9-6;/h2-3,5H,4H2,1H3;1H. The molecule has 56 valence electrons. The maximum Gasteiger partial charge on any atom is 0.0372 e. The number of rotatable bonds is 1. The maximum absolute atomic E-state index is 4.12. The molecule has 0 saturated heterocycles. The van der Waals surface area contributed by atoms with Crippen molar-refractivity contribution < 1.29 is 0 Å². The zero-order chi connectivity index (χ0) is 6.69. The third-order valence-corrected chi connectivity index (χ3v) is 1.77. The molecule has 1 aromatic rings. The zero-order valence-corrected chi connectivity index (χ0v) is 8.97. The Kier molecular flexibility index (Phi) is 4.91. The van der Waals surface area contributed by atoms with E-state index in [1.165, 1.54) is 5.56 Å². The molecule has 1 heterocycles. The summed E-state index contributed by atoms with van der Waals surface area (Å²) in [5.41, 5.74) is 2.29. The van der Waals surface area contributed by atoms with Crippen LogP contribution in [-0.4, -0.2) is 4.98 Å². The highest BCUT2D eigenvalue weighted by molar-refractivity contribution is 9.08. The molecule has 0 aliphatic rings. The Balaban J connectivity index is 0.000000810. The monoisotopic (exact) mass is 265 g/mol. The number of hydrogen-bond donors (Lipinski definition) is 0. The molecule has 0 radical (unpaired) electrons. The molecule has 1 rings (SSSR count). The predicted molar refractivity (Wildman–Crippen MR) is 51.9 cm³/mol. The van der Waals surface area contributed by atoms with Crippen molar-refractivity contribution in [1.29, 1.82) is 0 Å². The third kappa shape index (κ3) is 2.80. The second-order valence-corrected chi connectivity index (χ2v) is 2.50. The van der Waals surface area contributed by atoms with Crippen molar-refractivity contribution in [2.24, 2.45) is 0 Å². The largest absolute Gasteiger partial charge is 0.261 e. The van der Waals surface area contributed by atoms with Crippen LogP contribution in [0, 0.1) is 6.92 Å². The van der Waals surface area contributed by atoms with Gasteiger partial charge in [0.2, 0.25) is 0 Å². The average Bonchev–Trinajstić information content (AvgIpc) is 1.90. The number of aromatic nitrogens is 1. The summed E-state index contributed by atoms with van der Waals surface area (Å²) in [7, 11) is 0. The molecule has 1 nitrogen and oxygen atoms in total. The molecule has 0 aliphatic carbocycles. The Morgan fingerprint density at radius 1 is 1.50 bits per heavy atom. The first-order chi connectivity index (χ1) is 4.33. The lowest BCUT2D eigenvalue weighted by atomic mass is 10.3. The number of hydrogen-bond acceptors (Lipinski definition) is 1. The van der Waals surface area contributed by atoms with Crippen LogP contribution in [0.2, 0.25) is 0 Å². The summed E-state index contributed by atoms with van der Waals surface area (Å²) >= 11 is 3.34. The van der Waals surface area contributed by atoms with Crippen molar-refractivity contribution in [3.05, 3.63) is 29.6 Å². The van der Waals surface area contributed by atoms with E-state index in [-0.39, 0.29) is 17.0 Å². The number of pyridine rings is 1. The lowest BCUT2D eigenvalue weighted by Crippen LogP contribution is -1.81. The fourth-order valence-electron chi connectivity index (χ4n) is 0.577.